The van der Waals surface area contributed by atoms with E-state index in [4.69, 9.17) is 4.74 Å². The quantitative estimate of drug-likeness (QED) is 0.153. The van der Waals surface area contributed by atoms with E-state index in [0.717, 1.165) is 43.2 Å². The molecule has 1 aromatic carbocycles. The summed E-state index contributed by atoms with van der Waals surface area (Å²) in [7, 11) is 0. The minimum absolute atomic E-state index is 0.0408. The molecule has 1 aromatic rings. The Morgan fingerprint density at radius 3 is 2.16 bits per heavy atom. The first-order valence-electron chi connectivity index (χ1n) is 23.1. The number of amides is 8. The molecule has 2 saturated heterocycles. The van der Waals surface area contributed by atoms with Gasteiger partial charge in [-0.25, -0.2) is 9.59 Å². The topological polar surface area (TPSA) is 204 Å². The van der Waals surface area contributed by atoms with Gasteiger partial charge in [0.15, 0.2) is 0 Å². The zero-order valence-electron chi connectivity index (χ0n) is 38.3. The second-order valence-corrected chi connectivity index (χ2v) is 20.7. The van der Waals surface area contributed by atoms with E-state index >= 15 is 4.79 Å². The van der Waals surface area contributed by atoms with Crippen LogP contribution in [-0.2, 0) is 46.5 Å². The van der Waals surface area contributed by atoms with Gasteiger partial charge in [0.1, 0.15) is 18.2 Å². The van der Waals surface area contributed by atoms with Crippen molar-refractivity contribution in [2.75, 3.05) is 19.6 Å². The van der Waals surface area contributed by atoms with Gasteiger partial charge in [0, 0.05) is 44.9 Å². The molecule has 3 aliphatic heterocycles. The zero-order chi connectivity index (χ0) is 45.9. The summed E-state index contributed by atoms with van der Waals surface area (Å²) < 4.78 is 6.06. The summed E-state index contributed by atoms with van der Waals surface area (Å²) in [4.78, 5) is 114. The number of likely N-dealkylation sites (tertiary alicyclic amines) is 2. The lowest BCUT2D eigenvalue weighted by molar-refractivity contribution is -0.153. The fraction of sp³-hybridized carbons (Fsp3) is 0.702. The molecule has 4 N–H and O–H groups in total. The Morgan fingerprint density at radius 1 is 0.889 bits per heavy atom. The molecule has 1 unspecified atom stereocenters. The number of nitrogens with one attached hydrogen (secondary N) is 4. The van der Waals surface area contributed by atoms with Crippen LogP contribution >= 0.6 is 0 Å². The van der Waals surface area contributed by atoms with Gasteiger partial charge in [-0.2, -0.15) is 0 Å². The molecule has 2 aliphatic carbocycles. The van der Waals surface area contributed by atoms with Crippen LogP contribution in [0.1, 0.15) is 137 Å². The van der Waals surface area contributed by atoms with Gasteiger partial charge in [0.05, 0.1) is 18.6 Å². The van der Waals surface area contributed by atoms with Crippen molar-refractivity contribution in [3.8, 4) is 0 Å². The van der Waals surface area contributed by atoms with Crippen molar-refractivity contribution in [3.63, 3.8) is 0 Å². The Morgan fingerprint density at radius 2 is 1.54 bits per heavy atom. The third-order valence-corrected chi connectivity index (χ3v) is 13.6. The Hall–Kier alpha value is -5.02. The number of urea groups is 1. The molecule has 6 rings (SSSR count). The second kappa shape index (κ2) is 19.4. The van der Waals surface area contributed by atoms with Gasteiger partial charge >= 0.3 is 12.1 Å². The minimum atomic E-state index is -1.20. The van der Waals surface area contributed by atoms with Crippen LogP contribution in [0, 0.1) is 16.2 Å². The number of hydrogen-bond donors (Lipinski definition) is 4. The molecule has 63 heavy (non-hydrogen) atoms. The Kier molecular flexibility index (Phi) is 14.6. The summed E-state index contributed by atoms with van der Waals surface area (Å²) >= 11 is 0. The van der Waals surface area contributed by atoms with Crippen LogP contribution in [0.15, 0.2) is 24.3 Å². The number of ether oxygens (including phenoxy) is 1. The number of rotatable bonds is 14. The molecule has 2 saturated carbocycles. The number of benzene rings is 1. The van der Waals surface area contributed by atoms with E-state index in [1.807, 2.05) is 72.7 Å². The molecule has 0 spiro atoms. The highest BCUT2D eigenvalue weighted by Crippen LogP contribution is 2.41. The van der Waals surface area contributed by atoms with E-state index in [2.05, 4.69) is 21.3 Å². The molecule has 0 bridgehead atoms. The first kappa shape index (κ1) is 47.5. The highest BCUT2D eigenvalue weighted by atomic mass is 16.6. The van der Waals surface area contributed by atoms with E-state index in [1.165, 1.54) is 9.80 Å². The fourth-order valence-corrected chi connectivity index (χ4v) is 9.52. The van der Waals surface area contributed by atoms with Gasteiger partial charge in [0.2, 0.25) is 29.4 Å². The summed E-state index contributed by atoms with van der Waals surface area (Å²) in [5.74, 6) is -3.35. The molecule has 3 heterocycles. The highest BCUT2D eigenvalue weighted by Gasteiger charge is 2.50. The SMILES string of the molecule is CCCC(NC(=O)[C@@H]1C[C@@H](OC(=O)N2CCc3ccccc3C2)CN1C(=O)[C@@H](NC(=O)N[C@H](CN1C(=O)CC(C)(C)CC1=O)C(C)(C)C)C1(C)CCCCC1)C(=O)C(=O)NC1CC1. The number of imide groups is 1. The van der Waals surface area contributed by atoms with E-state index < -0.39 is 82.1 Å². The van der Waals surface area contributed by atoms with Crippen molar-refractivity contribution in [1.82, 2.24) is 36.0 Å². The van der Waals surface area contributed by atoms with Gasteiger partial charge in [0.25, 0.3) is 5.91 Å². The molecule has 5 atom stereocenters. The normalized spacial score (nSPS) is 23.4. The first-order valence-corrected chi connectivity index (χ1v) is 23.1. The molecular weight excluding hydrogens is 807 g/mol. The lowest BCUT2D eigenvalue weighted by atomic mass is 9.70. The van der Waals surface area contributed by atoms with E-state index in [9.17, 15) is 33.6 Å². The van der Waals surface area contributed by atoms with E-state index in [1.54, 1.807) is 4.90 Å². The van der Waals surface area contributed by atoms with Gasteiger partial charge < -0.3 is 35.8 Å². The van der Waals surface area contributed by atoms with Crippen molar-refractivity contribution in [3.05, 3.63) is 35.4 Å². The smallest absolute Gasteiger partial charge is 0.410 e. The van der Waals surface area contributed by atoms with Crippen molar-refractivity contribution in [2.45, 2.75) is 175 Å². The highest BCUT2D eigenvalue weighted by molar-refractivity contribution is 6.38. The third kappa shape index (κ3) is 11.8. The number of piperidine rings is 1. The standard InChI is InChI=1S/C47H69N7O9/c1-8-14-33(38(57)41(59)48-31-17-18-31)49-40(58)34-23-32(63-44(62)52-22-19-29-15-10-11-16-30(29)26-52)27-53(34)42(60)39(47(7)20-12-9-13-21-47)51-43(61)50-35(45(2,3)4)28-54-36(55)24-46(5,6)25-37(54)56/h10-11,15-16,31-35,39H,8-9,12-14,17-28H2,1-7H3,(H,48,59)(H,49,58)(H2,50,51,61)/t32-,33?,34+,35-,39-/m1/s1. The Balaban J connectivity index is 1.25. The van der Waals surface area contributed by atoms with Crippen LogP contribution in [0.5, 0.6) is 0 Å². The number of nitrogens with zero attached hydrogens (tertiary/aromatic N) is 3. The van der Waals surface area contributed by atoms with Crippen LogP contribution in [0.4, 0.5) is 9.59 Å². The molecule has 0 aromatic heterocycles. The van der Waals surface area contributed by atoms with Crippen LogP contribution in [0.2, 0.25) is 0 Å². The Bertz CT molecular complexity index is 1910. The maximum absolute atomic E-state index is 15.2. The molecule has 4 fully saturated rings. The number of hydrogen-bond acceptors (Lipinski definition) is 9. The summed E-state index contributed by atoms with van der Waals surface area (Å²) in [5.41, 5.74) is 0.370. The van der Waals surface area contributed by atoms with Crippen molar-refractivity contribution >= 4 is 47.4 Å². The summed E-state index contributed by atoms with van der Waals surface area (Å²) in [6.07, 6.45) is 5.59. The van der Waals surface area contributed by atoms with Gasteiger partial charge in [-0.15, -0.1) is 0 Å². The summed E-state index contributed by atoms with van der Waals surface area (Å²) in [6, 6.07) is 3.02. The zero-order valence-corrected chi connectivity index (χ0v) is 38.3. The second-order valence-electron chi connectivity index (χ2n) is 20.7. The van der Waals surface area contributed by atoms with Gasteiger partial charge in [-0.3, -0.25) is 33.7 Å². The fourth-order valence-electron chi connectivity index (χ4n) is 9.52. The van der Waals surface area contributed by atoms with Crippen molar-refractivity contribution in [2.24, 2.45) is 16.2 Å². The van der Waals surface area contributed by atoms with Crippen LogP contribution < -0.4 is 21.3 Å². The number of carbonyl (C=O) groups is 8. The summed E-state index contributed by atoms with van der Waals surface area (Å²) in [6.45, 7) is 13.8. The summed E-state index contributed by atoms with van der Waals surface area (Å²) in [5, 5.41) is 11.5. The van der Waals surface area contributed by atoms with E-state index in [0.29, 0.717) is 38.8 Å². The largest absolute Gasteiger partial charge is 0.444 e. The average molecular weight is 876 g/mol. The van der Waals surface area contributed by atoms with Crippen molar-refractivity contribution in [1.29, 1.82) is 0 Å². The number of Topliss-reactive ketones (excluding diaryl/α,β-unsaturated/α-hetero) is 1. The number of fused-ring (bicyclic) bond motifs is 1. The first-order chi connectivity index (χ1) is 29.7. The van der Waals surface area contributed by atoms with E-state index in [-0.39, 0.29) is 56.6 Å². The predicted octanol–water partition coefficient (Wildman–Crippen LogP) is 4.51. The lowest BCUT2D eigenvalue weighted by Gasteiger charge is -2.43. The van der Waals surface area contributed by atoms with Crippen LogP contribution in [0.3, 0.4) is 0 Å². The minimum Gasteiger partial charge on any atom is -0.444 e. The Labute approximate surface area is 371 Å². The maximum atomic E-state index is 15.2. The monoisotopic (exact) mass is 876 g/mol. The molecule has 346 valence electrons. The van der Waals surface area contributed by atoms with Crippen LogP contribution in [0.25, 0.3) is 0 Å². The molecule has 0 radical (unpaired) electrons. The molecular formula is C47H69N7O9. The number of carbonyl (C=O) groups excluding carboxylic acids is 8. The van der Waals surface area contributed by atoms with Crippen LogP contribution in [-0.4, -0.2) is 118 Å². The third-order valence-electron chi connectivity index (χ3n) is 13.6. The lowest BCUT2D eigenvalue weighted by Crippen LogP contribution is -2.63. The average Bonchev–Trinajstić information content (AvgIpc) is 3.94. The molecule has 16 heteroatoms. The maximum Gasteiger partial charge on any atom is 0.410 e. The number of ketones is 1. The molecule has 16 nitrogen and oxygen atoms in total. The van der Waals surface area contributed by atoms with Gasteiger partial charge in [-0.05, 0) is 65.9 Å². The molecule has 8 amide bonds. The predicted molar refractivity (Wildman–Crippen MR) is 234 cm³/mol. The van der Waals surface area contributed by atoms with Crippen molar-refractivity contribution < 1.29 is 43.1 Å². The van der Waals surface area contributed by atoms with Gasteiger partial charge in [-0.1, -0.05) is 98.4 Å². The molecule has 5 aliphatic rings.